The number of fused-ring (bicyclic) bond motifs is 6. The average Bonchev–Trinajstić information content (AvgIpc) is 3.69. The van der Waals surface area contributed by atoms with Crippen LogP contribution < -0.4 is 0 Å². The van der Waals surface area contributed by atoms with Crippen LogP contribution in [0.25, 0.3) is 60.9 Å². The van der Waals surface area contributed by atoms with Crippen molar-refractivity contribution in [1.82, 2.24) is 4.57 Å². The molecule has 10 rings (SSSR count). The maximum Gasteiger partial charge on any atom is 0.0677 e. The SMILES string of the molecule is Brc1cccc(-c2cccc(-c3ccc4c(c3)c3ccccc3n4-c3ccc4c(c3)C(C3=CC=CCC3)(c3ccccc3)c3ccccc3-4)c2)c1. The highest BCUT2D eigenvalue weighted by Crippen LogP contribution is 2.58. The van der Waals surface area contributed by atoms with E-state index in [2.05, 4.69) is 203 Å². The Morgan fingerprint density at radius 2 is 1.22 bits per heavy atom. The molecule has 2 aliphatic carbocycles. The molecule has 0 N–H and O–H groups in total. The average molecular weight is 717 g/mol. The maximum absolute atomic E-state index is 3.65. The third-order valence-electron chi connectivity index (χ3n) is 11.0. The number of hydrogen-bond acceptors (Lipinski definition) is 0. The van der Waals surface area contributed by atoms with Crippen molar-refractivity contribution in [2.45, 2.75) is 18.3 Å². The molecule has 0 aliphatic heterocycles. The summed E-state index contributed by atoms with van der Waals surface area (Å²) in [5.41, 5.74) is 16.3. The van der Waals surface area contributed by atoms with Crippen LogP contribution in [0.15, 0.2) is 192 Å². The molecule has 2 heteroatoms. The van der Waals surface area contributed by atoms with Crippen LogP contribution in [0, 0.1) is 0 Å². The lowest BCUT2D eigenvalue weighted by atomic mass is 9.65. The number of nitrogens with zero attached hydrogens (tertiary/aromatic N) is 1. The number of halogens is 1. The second-order valence-corrected chi connectivity index (χ2v) is 14.6. The molecule has 7 aromatic carbocycles. The monoisotopic (exact) mass is 715 g/mol. The van der Waals surface area contributed by atoms with Crippen LogP contribution in [0.4, 0.5) is 0 Å². The Kier molecular flexibility index (Phi) is 7.08. The fourth-order valence-corrected chi connectivity index (χ4v) is 9.23. The summed E-state index contributed by atoms with van der Waals surface area (Å²) in [6.45, 7) is 0. The van der Waals surface area contributed by atoms with Gasteiger partial charge in [0.1, 0.15) is 0 Å². The van der Waals surface area contributed by atoms with E-state index < -0.39 is 0 Å². The summed E-state index contributed by atoms with van der Waals surface area (Å²) in [4.78, 5) is 0. The Bertz CT molecular complexity index is 2710. The van der Waals surface area contributed by atoms with E-state index in [1.165, 1.54) is 83.1 Å². The number of allylic oxidation sites excluding steroid dienone is 4. The van der Waals surface area contributed by atoms with Gasteiger partial charge in [-0.2, -0.15) is 0 Å². The molecule has 0 amide bonds. The van der Waals surface area contributed by atoms with Crippen molar-refractivity contribution in [3.05, 3.63) is 209 Å². The standard InChI is InChI=1S/C49H34BrN/c50-39-20-12-15-35(30-39)33-13-11-14-34(29-33)36-25-28-48-44(31-36)43-22-8-10-24-47(43)51(48)40-26-27-42-41-21-7-9-23-45(41)49(46(42)32-40,37-16-3-1-4-17-37)38-18-5-2-6-19-38/h1-5,7-18,20-32H,6,19H2. The van der Waals surface area contributed by atoms with Gasteiger partial charge in [-0.1, -0.05) is 155 Å². The number of rotatable bonds is 5. The molecule has 242 valence electrons. The van der Waals surface area contributed by atoms with Crippen LogP contribution in [0.1, 0.15) is 29.5 Å². The van der Waals surface area contributed by atoms with Crippen molar-refractivity contribution >= 4 is 37.7 Å². The van der Waals surface area contributed by atoms with Crippen LogP contribution in [0.2, 0.25) is 0 Å². The van der Waals surface area contributed by atoms with Gasteiger partial charge in [0.2, 0.25) is 0 Å². The minimum atomic E-state index is -0.362. The number of para-hydroxylation sites is 1. The highest BCUT2D eigenvalue weighted by Gasteiger charge is 2.47. The molecule has 0 spiro atoms. The van der Waals surface area contributed by atoms with Gasteiger partial charge >= 0.3 is 0 Å². The lowest BCUT2D eigenvalue weighted by Gasteiger charge is -2.37. The van der Waals surface area contributed by atoms with Gasteiger partial charge in [0.25, 0.3) is 0 Å². The Labute approximate surface area is 307 Å². The summed E-state index contributed by atoms with van der Waals surface area (Å²) >= 11 is 3.65. The first kappa shape index (κ1) is 30.2. The number of hydrogen-bond donors (Lipinski definition) is 0. The Balaban J connectivity index is 1.19. The van der Waals surface area contributed by atoms with E-state index >= 15 is 0 Å². The van der Waals surface area contributed by atoms with E-state index in [4.69, 9.17) is 0 Å². The van der Waals surface area contributed by atoms with E-state index in [0.29, 0.717) is 0 Å². The van der Waals surface area contributed by atoms with Crippen molar-refractivity contribution in [1.29, 1.82) is 0 Å². The van der Waals surface area contributed by atoms with Gasteiger partial charge in [0.15, 0.2) is 0 Å². The molecule has 0 bridgehead atoms. The molecule has 2 aliphatic rings. The summed E-state index contributed by atoms with van der Waals surface area (Å²) < 4.78 is 3.56. The number of benzene rings is 7. The molecule has 8 aromatic rings. The van der Waals surface area contributed by atoms with E-state index in [0.717, 1.165) is 17.3 Å². The van der Waals surface area contributed by atoms with Crippen molar-refractivity contribution in [3.63, 3.8) is 0 Å². The minimum absolute atomic E-state index is 0.362. The topological polar surface area (TPSA) is 4.93 Å². The quantitative estimate of drug-likeness (QED) is 0.167. The first-order chi connectivity index (χ1) is 25.2. The molecule has 1 nitrogen and oxygen atoms in total. The smallest absolute Gasteiger partial charge is 0.0677 e. The Morgan fingerprint density at radius 3 is 2.04 bits per heavy atom. The van der Waals surface area contributed by atoms with Crippen LogP contribution in [-0.2, 0) is 5.41 Å². The minimum Gasteiger partial charge on any atom is -0.309 e. The zero-order valence-electron chi connectivity index (χ0n) is 28.1. The molecule has 51 heavy (non-hydrogen) atoms. The second kappa shape index (κ2) is 12.0. The van der Waals surface area contributed by atoms with E-state index in [-0.39, 0.29) is 5.41 Å². The molecule has 0 saturated carbocycles. The number of aromatic nitrogens is 1. The molecule has 1 aromatic heterocycles. The van der Waals surface area contributed by atoms with Gasteiger partial charge in [-0.3, -0.25) is 0 Å². The summed E-state index contributed by atoms with van der Waals surface area (Å²) in [5.74, 6) is 0. The van der Waals surface area contributed by atoms with Gasteiger partial charge in [-0.05, 0) is 111 Å². The summed E-state index contributed by atoms with van der Waals surface area (Å²) in [7, 11) is 0. The summed E-state index contributed by atoms with van der Waals surface area (Å²) in [6, 6.07) is 60.7. The normalized spacial score (nSPS) is 16.3. The van der Waals surface area contributed by atoms with Gasteiger partial charge in [-0.15, -0.1) is 0 Å². The van der Waals surface area contributed by atoms with Crippen LogP contribution in [0.3, 0.4) is 0 Å². The molecule has 0 saturated heterocycles. The van der Waals surface area contributed by atoms with Gasteiger partial charge in [-0.25, -0.2) is 0 Å². The van der Waals surface area contributed by atoms with E-state index in [9.17, 15) is 0 Å². The maximum atomic E-state index is 3.65. The summed E-state index contributed by atoms with van der Waals surface area (Å²) in [5, 5.41) is 2.52. The third kappa shape index (κ3) is 4.67. The predicted octanol–water partition coefficient (Wildman–Crippen LogP) is 13.5. The molecule has 1 heterocycles. The largest absolute Gasteiger partial charge is 0.309 e. The molecule has 1 unspecified atom stereocenters. The Hall–Kier alpha value is -5.70. The highest BCUT2D eigenvalue weighted by atomic mass is 79.9. The van der Waals surface area contributed by atoms with Crippen LogP contribution >= 0.6 is 15.9 Å². The van der Waals surface area contributed by atoms with Crippen molar-refractivity contribution in [3.8, 4) is 39.1 Å². The third-order valence-corrected chi connectivity index (χ3v) is 11.5. The van der Waals surface area contributed by atoms with Crippen molar-refractivity contribution in [2.75, 3.05) is 0 Å². The molecule has 0 radical (unpaired) electrons. The molecule has 0 fully saturated rings. The molecular formula is C49H34BrN. The van der Waals surface area contributed by atoms with E-state index in [1.54, 1.807) is 0 Å². The van der Waals surface area contributed by atoms with Crippen molar-refractivity contribution in [2.24, 2.45) is 0 Å². The molecular weight excluding hydrogens is 682 g/mol. The zero-order valence-corrected chi connectivity index (χ0v) is 29.6. The van der Waals surface area contributed by atoms with Gasteiger partial charge < -0.3 is 4.57 Å². The predicted molar refractivity (Wildman–Crippen MR) is 218 cm³/mol. The first-order valence-electron chi connectivity index (χ1n) is 17.8. The Morgan fingerprint density at radius 1 is 0.510 bits per heavy atom. The zero-order chi connectivity index (χ0) is 33.9. The lowest BCUT2D eigenvalue weighted by molar-refractivity contribution is 0.692. The highest BCUT2D eigenvalue weighted by molar-refractivity contribution is 9.10. The van der Waals surface area contributed by atoms with Crippen molar-refractivity contribution < 1.29 is 0 Å². The molecule has 1 atom stereocenters. The second-order valence-electron chi connectivity index (χ2n) is 13.7. The van der Waals surface area contributed by atoms with Crippen LogP contribution in [-0.4, -0.2) is 4.57 Å². The summed E-state index contributed by atoms with van der Waals surface area (Å²) in [6.07, 6.45) is 9.02. The fourth-order valence-electron chi connectivity index (χ4n) is 8.83. The van der Waals surface area contributed by atoms with E-state index in [1.807, 2.05) is 0 Å². The van der Waals surface area contributed by atoms with Gasteiger partial charge in [0, 0.05) is 20.9 Å². The lowest BCUT2D eigenvalue weighted by Crippen LogP contribution is -2.30. The van der Waals surface area contributed by atoms with Gasteiger partial charge in [0.05, 0.1) is 16.4 Å². The fraction of sp³-hybridized carbons (Fsp3) is 0.0612. The first-order valence-corrected chi connectivity index (χ1v) is 18.6. The van der Waals surface area contributed by atoms with Crippen LogP contribution in [0.5, 0.6) is 0 Å².